The van der Waals surface area contributed by atoms with Crippen LogP contribution in [0.5, 0.6) is 5.75 Å². The first-order chi connectivity index (χ1) is 14.2. The van der Waals surface area contributed by atoms with Crippen molar-refractivity contribution in [3.8, 4) is 16.9 Å². The van der Waals surface area contributed by atoms with Gasteiger partial charge in [-0.2, -0.15) is 5.06 Å². The molecule has 3 aromatic rings. The molecule has 0 N–H and O–H groups in total. The van der Waals surface area contributed by atoms with Gasteiger partial charge in [-0.1, -0.05) is 24.3 Å². The number of pyridine rings is 1. The van der Waals surface area contributed by atoms with Gasteiger partial charge < -0.3 is 9.47 Å². The highest BCUT2D eigenvalue weighted by atomic mass is 16.7. The van der Waals surface area contributed by atoms with Gasteiger partial charge in [-0.05, 0) is 48.7 Å². The van der Waals surface area contributed by atoms with Gasteiger partial charge in [0.05, 0.1) is 18.7 Å². The highest BCUT2D eigenvalue weighted by molar-refractivity contribution is 5.88. The Labute approximate surface area is 171 Å². The van der Waals surface area contributed by atoms with Crippen LogP contribution in [0.4, 0.5) is 0 Å². The maximum Gasteiger partial charge on any atom is 0.213 e. The highest BCUT2D eigenvalue weighted by Crippen LogP contribution is 2.40. The number of aromatic nitrogens is 1. The van der Waals surface area contributed by atoms with E-state index < -0.39 is 5.79 Å². The van der Waals surface area contributed by atoms with Crippen LogP contribution in [-0.4, -0.2) is 35.5 Å². The second kappa shape index (κ2) is 7.41. The molecule has 0 radical (unpaired) electrons. The summed E-state index contributed by atoms with van der Waals surface area (Å²) in [6.07, 6.45) is 3.47. The van der Waals surface area contributed by atoms with E-state index in [0.717, 1.165) is 42.8 Å². The minimum Gasteiger partial charge on any atom is -0.462 e. The quantitative estimate of drug-likeness (QED) is 0.639. The minimum absolute atomic E-state index is 0.523. The van der Waals surface area contributed by atoms with Crippen LogP contribution in [0.3, 0.4) is 0 Å². The Balaban J connectivity index is 1.40. The lowest BCUT2D eigenvalue weighted by atomic mass is 9.95. The van der Waals surface area contributed by atoms with Crippen molar-refractivity contribution in [2.75, 3.05) is 19.7 Å². The summed E-state index contributed by atoms with van der Waals surface area (Å²) in [5.74, 6) is 0.409. The van der Waals surface area contributed by atoms with E-state index in [4.69, 9.17) is 14.3 Å². The number of ether oxygens (including phenoxy) is 2. The van der Waals surface area contributed by atoms with Crippen LogP contribution in [0.25, 0.3) is 22.0 Å². The molecule has 0 saturated carbocycles. The molecular formula is C24H26N2O3. The molecule has 1 fully saturated rings. The minimum atomic E-state index is -0.523. The lowest BCUT2D eigenvalue weighted by molar-refractivity contribution is -0.265. The van der Waals surface area contributed by atoms with Gasteiger partial charge in [0.25, 0.3) is 0 Å². The van der Waals surface area contributed by atoms with Gasteiger partial charge in [0, 0.05) is 43.1 Å². The maximum absolute atomic E-state index is 6.36. The number of aryl methyl sites for hydroxylation is 1. The van der Waals surface area contributed by atoms with Crippen molar-refractivity contribution >= 4 is 10.9 Å². The van der Waals surface area contributed by atoms with Crippen molar-refractivity contribution < 1.29 is 14.3 Å². The normalized spacial score (nSPS) is 18.6. The zero-order chi connectivity index (χ0) is 19.8. The predicted molar refractivity (Wildman–Crippen MR) is 112 cm³/mol. The summed E-state index contributed by atoms with van der Waals surface area (Å²) in [5.41, 5.74) is 5.71. The van der Waals surface area contributed by atoms with Crippen LogP contribution in [0.1, 0.15) is 30.9 Å². The molecule has 5 nitrogen and oxygen atoms in total. The van der Waals surface area contributed by atoms with E-state index in [1.807, 2.05) is 24.3 Å². The van der Waals surface area contributed by atoms with Crippen molar-refractivity contribution in [3.63, 3.8) is 0 Å². The topological polar surface area (TPSA) is 43.8 Å². The standard InChI is InChI=1S/C24H26N2O3/c1-3-28-26-13-10-24(11-14-26)27-16-20-15-19(7-9-22(20)29-24)21-8-6-18-5-4-12-25-23(18)17(21)2/h4-9,12,15H,3,10-11,13-14,16H2,1-2H3. The predicted octanol–water partition coefficient (Wildman–Crippen LogP) is 4.86. The van der Waals surface area contributed by atoms with Gasteiger partial charge in [0.2, 0.25) is 5.79 Å². The van der Waals surface area contributed by atoms with Crippen LogP contribution < -0.4 is 4.74 Å². The molecule has 29 heavy (non-hydrogen) atoms. The first-order valence-corrected chi connectivity index (χ1v) is 10.4. The van der Waals surface area contributed by atoms with E-state index in [-0.39, 0.29) is 0 Å². The van der Waals surface area contributed by atoms with Crippen LogP contribution in [-0.2, 0) is 16.2 Å². The Morgan fingerprint density at radius 1 is 1.14 bits per heavy atom. The SMILES string of the molecule is CCON1CCC2(CC1)OCc1cc(-c3ccc4cccnc4c3C)ccc1O2. The molecule has 2 aliphatic rings. The van der Waals surface area contributed by atoms with Gasteiger partial charge in [0.15, 0.2) is 0 Å². The van der Waals surface area contributed by atoms with Gasteiger partial charge in [-0.3, -0.25) is 9.82 Å². The second-order valence-electron chi connectivity index (χ2n) is 7.78. The second-order valence-corrected chi connectivity index (χ2v) is 7.78. The van der Waals surface area contributed by atoms with Crippen LogP contribution in [0, 0.1) is 6.92 Å². The molecule has 5 heteroatoms. The van der Waals surface area contributed by atoms with E-state index in [9.17, 15) is 0 Å². The lowest BCUT2D eigenvalue weighted by Crippen LogP contribution is -2.51. The number of benzene rings is 2. The van der Waals surface area contributed by atoms with E-state index in [0.29, 0.717) is 13.2 Å². The number of hydrogen-bond donors (Lipinski definition) is 0. The average molecular weight is 390 g/mol. The summed E-state index contributed by atoms with van der Waals surface area (Å²) >= 11 is 0. The molecule has 2 aliphatic heterocycles. The molecule has 0 amide bonds. The van der Waals surface area contributed by atoms with Gasteiger partial charge >= 0.3 is 0 Å². The van der Waals surface area contributed by atoms with E-state index in [1.165, 1.54) is 22.1 Å². The third kappa shape index (κ3) is 3.39. The molecule has 0 unspecified atom stereocenters. The van der Waals surface area contributed by atoms with Crippen LogP contribution >= 0.6 is 0 Å². The largest absolute Gasteiger partial charge is 0.462 e. The van der Waals surface area contributed by atoms with Crippen molar-refractivity contribution in [3.05, 3.63) is 59.8 Å². The number of hydroxylamine groups is 2. The summed E-state index contributed by atoms with van der Waals surface area (Å²) in [7, 11) is 0. The fourth-order valence-electron chi connectivity index (χ4n) is 4.39. The van der Waals surface area contributed by atoms with Crippen LogP contribution in [0.2, 0.25) is 0 Å². The Kier molecular flexibility index (Phi) is 4.74. The Morgan fingerprint density at radius 3 is 2.83 bits per heavy atom. The van der Waals surface area contributed by atoms with Crippen molar-refractivity contribution in [2.45, 2.75) is 39.1 Å². The summed E-state index contributed by atoms with van der Waals surface area (Å²) < 4.78 is 12.6. The molecule has 1 spiro atoms. The Hall–Kier alpha value is -2.47. The molecule has 3 heterocycles. The number of rotatable bonds is 3. The maximum atomic E-state index is 6.36. The number of hydrogen-bond acceptors (Lipinski definition) is 5. The summed E-state index contributed by atoms with van der Waals surface area (Å²) in [6, 6.07) is 14.8. The zero-order valence-corrected chi connectivity index (χ0v) is 17.0. The molecule has 150 valence electrons. The third-order valence-corrected chi connectivity index (χ3v) is 5.98. The molecular weight excluding hydrogens is 364 g/mol. The monoisotopic (exact) mass is 390 g/mol. The Bertz CT molecular complexity index is 1040. The van der Waals surface area contributed by atoms with Gasteiger partial charge in [-0.25, -0.2) is 0 Å². The molecule has 0 bridgehead atoms. The summed E-state index contributed by atoms with van der Waals surface area (Å²) in [6.45, 7) is 7.07. The van der Waals surface area contributed by atoms with E-state index in [1.54, 1.807) is 0 Å². The molecule has 1 saturated heterocycles. The molecule has 0 aliphatic carbocycles. The number of nitrogens with zero attached hydrogens (tertiary/aromatic N) is 2. The van der Waals surface area contributed by atoms with Gasteiger partial charge in [0.1, 0.15) is 5.75 Å². The first-order valence-electron chi connectivity index (χ1n) is 10.4. The number of piperidine rings is 1. The van der Waals surface area contributed by atoms with E-state index in [2.05, 4.69) is 48.3 Å². The van der Waals surface area contributed by atoms with Crippen molar-refractivity contribution in [1.29, 1.82) is 0 Å². The third-order valence-electron chi connectivity index (χ3n) is 5.98. The fourth-order valence-corrected chi connectivity index (χ4v) is 4.39. The fraction of sp³-hybridized carbons (Fsp3) is 0.375. The molecule has 5 rings (SSSR count). The van der Waals surface area contributed by atoms with Crippen molar-refractivity contribution in [2.24, 2.45) is 0 Å². The van der Waals surface area contributed by atoms with E-state index >= 15 is 0 Å². The van der Waals surface area contributed by atoms with Crippen LogP contribution in [0.15, 0.2) is 48.7 Å². The highest BCUT2D eigenvalue weighted by Gasteiger charge is 2.41. The molecule has 2 aromatic carbocycles. The summed E-state index contributed by atoms with van der Waals surface area (Å²) in [4.78, 5) is 10.2. The zero-order valence-electron chi connectivity index (χ0n) is 17.0. The Morgan fingerprint density at radius 2 is 2.00 bits per heavy atom. The van der Waals surface area contributed by atoms with Crippen molar-refractivity contribution in [1.82, 2.24) is 10.0 Å². The van der Waals surface area contributed by atoms with Gasteiger partial charge in [-0.15, -0.1) is 0 Å². The number of fused-ring (bicyclic) bond motifs is 2. The molecule has 1 aromatic heterocycles. The summed E-state index contributed by atoms with van der Waals surface area (Å²) in [5, 5.41) is 3.17. The smallest absolute Gasteiger partial charge is 0.213 e. The average Bonchev–Trinajstić information content (AvgIpc) is 2.76. The lowest BCUT2D eigenvalue weighted by Gasteiger charge is -2.43. The molecule has 0 atom stereocenters. The first kappa shape index (κ1) is 18.6.